The molecule has 1 saturated heterocycles. The first-order valence-electron chi connectivity index (χ1n) is 7.12. The second-order valence-corrected chi connectivity index (χ2v) is 8.83. The number of carbonyl (C=O) groups excluding carboxylic acids is 1. The van der Waals surface area contributed by atoms with E-state index >= 15 is 0 Å². The number of hydrogen-bond acceptors (Lipinski definition) is 4. The Labute approximate surface area is 136 Å². The Bertz CT molecular complexity index is 680. The van der Waals surface area contributed by atoms with Crippen molar-refractivity contribution in [2.45, 2.75) is 32.7 Å². The van der Waals surface area contributed by atoms with Crippen LogP contribution in [0.4, 0.5) is 5.69 Å². The van der Waals surface area contributed by atoms with Gasteiger partial charge in [-0.3, -0.25) is 4.79 Å². The third kappa shape index (κ3) is 4.21. The van der Waals surface area contributed by atoms with E-state index in [0.717, 1.165) is 11.1 Å². The quantitative estimate of drug-likeness (QED) is 0.876. The van der Waals surface area contributed by atoms with Gasteiger partial charge in [0.15, 0.2) is 9.84 Å². The molecule has 2 N–H and O–H groups in total. The summed E-state index contributed by atoms with van der Waals surface area (Å²) in [7, 11) is -2.99. The minimum Gasteiger partial charge on any atom is -0.323 e. The summed E-state index contributed by atoms with van der Waals surface area (Å²) in [6.07, 6.45) is 0.521. The molecule has 0 aromatic heterocycles. The molecule has 1 heterocycles. The molecule has 0 bridgehead atoms. The van der Waals surface area contributed by atoms with Crippen LogP contribution in [0, 0.1) is 13.8 Å². The van der Waals surface area contributed by atoms with E-state index in [1.807, 2.05) is 26.8 Å². The summed E-state index contributed by atoms with van der Waals surface area (Å²) < 4.78 is 23.1. The van der Waals surface area contributed by atoms with Crippen molar-refractivity contribution in [1.82, 2.24) is 5.32 Å². The number of aryl methyl sites for hydroxylation is 2. The van der Waals surface area contributed by atoms with E-state index in [2.05, 4.69) is 10.6 Å². The van der Waals surface area contributed by atoms with Crippen LogP contribution in [0.2, 0.25) is 5.02 Å². The number of hydrogen-bond donors (Lipinski definition) is 2. The lowest BCUT2D eigenvalue weighted by molar-refractivity contribution is -0.115. The van der Waals surface area contributed by atoms with Crippen LogP contribution in [0.1, 0.15) is 24.5 Å². The third-order valence-electron chi connectivity index (χ3n) is 3.88. The summed E-state index contributed by atoms with van der Waals surface area (Å²) in [5, 5.41) is 6.33. The fourth-order valence-corrected chi connectivity index (χ4v) is 5.19. The highest BCUT2D eigenvalue weighted by atomic mass is 35.5. The average Bonchev–Trinajstić information content (AvgIpc) is 2.66. The van der Waals surface area contributed by atoms with Crippen molar-refractivity contribution in [2.24, 2.45) is 0 Å². The zero-order valence-electron chi connectivity index (χ0n) is 13.0. The van der Waals surface area contributed by atoms with Gasteiger partial charge in [-0.15, -0.1) is 0 Å². The molecule has 1 atom stereocenters. The summed E-state index contributed by atoms with van der Waals surface area (Å²) in [4.78, 5) is 12.1. The molecule has 1 unspecified atom stereocenters. The molecular weight excluding hydrogens is 324 g/mol. The van der Waals surface area contributed by atoms with Gasteiger partial charge < -0.3 is 10.6 Å². The Morgan fingerprint density at radius 1 is 1.36 bits per heavy atom. The van der Waals surface area contributed by atoms with Gasteiger partial charge in [0.25, 0.3) is 0 Å². The van der Waals surface area contributed by atoms with Gasteiger partial charge in [0.2, 0.25) is 5.91 Å². The van der Waals surface area contributed by atoms with Crippen molar-refractivity contribution < 1.29 is 13.2 Å². The SMILES string of the molecule is Cc1cc(C)c(NC(=O)CNC2(C)CCS(=O)(=O)C2)c(Cl)c1. The van der Waals surface area contributed by atoms with Crippen LogP contribution >= 0.6 is 11.6 Å². The lowest BCUT2D eigenvalue weighted by Crippen LogP contribution is -2.46. The highest BCUT2D eigenvalue weighted by Gasteiger charge is 2.38. The molecule has 1 aromatic rings. The largest absolute Gasteiger partial charge is 0.323 e. The molecule has 0 aliphatic carbocycles. The number of nitrogens with one attached hydrogen (secondary N) is 2. The van der Waals surface area contributed by atoms with Crippen LogP contribution in [0.25, 0.3) is 0 Å². The molecule has 1 amide bonds. The molecule has 2 rings (SSSR count). The van der Waals surface area contributed by atoms with Crippen molar-refractivity contribution in [3.8, 4) is 0 Å². The summed E-state index contributed by atoms with van der Waals surface area (Å²) in [5.41, 5.74) is 1.99. The van der Waals surface area contributed by atoms with E-state index in [4.69, 9.17) is 11.6 Å². The highest BCUT2D eigenvalue weighted by molar-refractivity contribution is 7.91. The van der Waals surface area contributed by atoms with Crippen LogP contribution in [-0.2, 0) is 14.6 Å². The summed E-state index contributed by atoms with van der Waals surface area (Å²) >= 11 is 6.16. The second-order valence-electron chi connectivity index (χ2n) is 6.24. The van der Waals surface area contributed by atoms with Gasteiger partial charge in [-0.2, -0.15) is 0 Å². The van der Waals surface area contributed by atoms with Gasteiger partial charge >= 0.3 is 0 Å². The fourth-order valence-electron chi connectivity index (χ4n) is 2.70. The van der Waals surface area contributed by atoms with Crippen LogP contribution in [0.5, 0.6) is 0 Å². The zero-order valence-corrected chi connectivity index (χ0v) is 14.6. The van der Waals surface area contributed by atoms with Crippen molar-refractivity contribution in [3.63, 3.8) is 0 Å². The maximum absolute atomic E-state index is 12.1. The molecule has 0 spiro atoms. The molecule has 1 aliphatic rings. The van der Waals surface area contributed by atoms with Crippen LogP contribution in [0.15, 0.2) is 12.1 Å². The summed E-state index contributed by atoms with van der Waals surface area (Å²) in [6, 6.07) is 3.74. The molecular formula is C15H21ClN2O3S. The average molecular weight is 345 g/mol. The fraction of sp³-hybridized carbons (Fsp3) is 0.533. The van der Waals surface area contributed by atoms with E-state index in [1.165, 1.54) is 0 Å². The Kier molecular flexibility index (Phi) is 4.84. The van der Waals surface area contributed by atoms with Crippen molar-refractivity contribution in [1.29, 1.82) is 0 Å². The van der Waals surface area contributed by atoms with Gasteiger partial charge in [-0.05, 0) is 44.4 Å². The number of amides is 1. The van der Waals surface area contributed by atoms with Gasteiger partial charge in [0.1, 0.15) is 0 Å². The van der Waals surface area contributed by atoms with Crippen LogP contribution in [-0.4, -0.2) is 37.9 Å². The first kappa shape index (κ1) is 17.2. The topological polar surface area (TPSA) is 75.3 Å². The zero-order chi connectivity index (χ0) is 16.5. The second kappa shape index (κ2) is 6.18. The normalized spacial score (nSPS) is 23.5. The molecule has 1 fully saturated rings. The van der Waals surface area contributed by atoms with E-state index in [1.54, 1.807) is 6.07 Å². The Balaban J connectivity index is 1.97. The van der Waals surface area contributed by atoms with Crippen LogP contribution < -0.4 is 10.6 Å². The minimum atomic E-state index is -2.99. The first-order chi connectivity index (χ1) is 10.1. The lowest BCUT2D eigenvalue weighted by atomic mass is 10.0. The van der Waals surface area contributed by atoms with E-state index in [9.17, 15) is 13.2 Å². The Morgan fingerprint density at radius 2 is 2.05 bits per heavy atom. The van der Waals surface area contributed by atoms with Gasteiger partial charge in [-0.1, -0.05) is 17.7 Å². The predicted octanol–water partition coefficient (Wildman–Crippen LogP) is 2.06. The standard InChI is InChI=1S/C15H21ClN2O3S/c1-10-6-11(2)14(12(16)7-10)18-13(19)8-17-15(3)4-5-22(20,21)9-15/h6-7,17H,4-5,8-9H2,1-3H3,(H,18,19). The van der Waals surface area contributed by atoms with Gasteiger partial charge in [0, 0.05) is 5.54 Å². The minimum absolute atomic E-state index is 0.0513. The van der Waals surface area contributed by atoms with E-state index in [0.29, 0.717) is 17.1 Å². The summed E-state index contributed by atoms with van der Waals surface area (Å²) in [5.74, 6) is -0.00195. The maximum atomic E-state index is 12.1. The highest BCUT2D eigenvalue weighted by Crippen LogP contribution is 2.27. The van der Waals surface area contributed by atoms with E-state index < -0.39 is 15.4 Å². The Hall–Kier alpha value is -1.11. The molecule has 0 saturated carbocycles. The first-order valence-corrected chi connectivity index (χ1v) is 9.32. The summed E-state index contributed by atoms with van der Waals surface area (Å²) in [6.45, 7) is 5.70. The van der Waals surface area contributed by atoms with Crippen molar-refractivity contribution >= 4 is 33.0 Å². The molecule has 7 heteroatoms. The number of rotatable bonds is 4. The lowest BCUT2D eigenvalue weighted by Gasteiger charge is -2.23. The molecule has 122 valence electrons. The van der Waals surface area contributed by atoms with Crippen LogP contribution in [0.3, 0.4) is 0 Å². The number of benzene rings is 1. The smallest absolute Gasteiger partial charge is 0.238 e. The molecule has 0 radical (unpaired) electrons. The molecule has 22 heavy (non-hydrogen) atoms. The van der Waals surface area contributed by atoms with Crippen molar-refractivity contribution in [3.05, 3.63) is 28.3 Å². The predicted molar refractivity (Wildman–Crippen MR) is 89.2 cm³/mol. The monoisotopic (exact) mass is 344 g/mol. The van der Waals surface area contributed by atoms with Crippen molar-refractivity contribution in [2.75, 3.05) is 23.4 Å². The number of anilines is 1. The number of sulfone groups is 1. The van der Waals surface area contributed by atoms with Gasteiger partial charge in [0.05, 0.1) is 28.8 Å². The molecule has 1 aliphatic heterocycles. The number of halogens is 1. The maximum Gasteiger partial charge on any atom is 0.238 e. The molecule has 5 nitrogen and oxygen atoms in total. The third-order valence-corrected chi connectivity index (χ3v) is 6.08. The Morgan fingerprint density at radius 3 is 2.59 bits per heavy atom. The molecule has 1 aromatic carbocycles. The van der Waals surface area contributed by atoms with Gasteiger partial charge in [-0.25, -0.2) is 8.42 Å². The van der Waals surface area contributed by atoms with E-state index in [-0.39, 0.29) is 24.0 Å². The number of carbonyl (C=O) groups is 1.